The molecule has 0 bridgehead atoms. The van der Waals surface area contributed by atoms with Gasteiger partial charge < -0.3 is 0 Å². The Hall–Kier alpha value is -3.37. The van der Waals surface area contributed by atoms with E-state index in [-0.39, 0.29) is 0 Å². The molecule has 0 spiro atoms. The van der Waals surface area contributed by atoms with Crippen LogP contribution in [0.1, 0.15) is 27.8 Å². The molecule has 0 radical (unpaired) electrons. The van der Waals surface area contributed by atoms with Gasteiger partial charge in [-0.05, 0) is 28.3 Å². The van der Waals surface area contributed by atoms with Gasteiger partial charge in [-0.25, -0.2) is 0 Å². The second-order valence-corrected chi connectivity index (χ2v) is 5.41. The highest BCUT2D eigenvalue weighted by Crippen LogP contribution is 2.20. The minimum Gasteiger partial charge on any atom is -0.192 e. The Kier molecular flexibility index (Phi) is 5.02. The van der Waals surface area contributed by atoms with Crippen molar-refractivity contribution in [3.05, 3.63) is 107 Å². The second-order valence-electron chi connectivity index (χ2n) is 5.41. The van der Waals surface area contributed by atoms with Gasteiger partial charge in [-0.3, -0.25) is 0 Å². The molecule has 1 nitrogen and oxygen atoms in total. The molecule has 3 aromatic rings. The highest BCUT2D eigenvalue weighted by Gasteiger charge is 2.03. The summed E-state index contributed by atoms with van der Waals surface area (Å²) in [5, 5.41) is 9.42. The number of hydrogen-bond donors (Lipinski definition) is 0. The van der Waals surface area contributed by atoms with Crippen LogP contribution in [0.5, 0.6) is 0 Å². The van der Waals surface area contributed by atoms with Gasteiger partial charge >= 0.3 is 0 Å². The number of benzene rings is 3. The first-order valence-corrected chi connectivity index (χ1v) is 7.86. The third-order valence-corrected chi connectivity index (χ3v) is 3.76. The van der Waals surface area contributed by atoms with E-state index in [0.717, 1.165) is 22.3 Å². The van der Waals surface area contributed by atoms with Crippen molar-refractivity contribution in [2.45, 2.75) is 0 Å². The number of rotatable bonds is 4. The van der Waals surface area contributed by atoms with E-state index in [1.54, 1.807) is 0 Å². The van der Waals surface area contributed by atoms with Crippen LogP contribution in [0.25, 0.3) is 24.3 Å². The van der Waals surface area contributed by atoms with Gasteiger partial charge in [0.05, 0.1) is 11.6 Å². The largest absolute Gasteiger partial charge is 0.192 e. The van der Waals surface area contributed by atoms with Gasteiger partial charge in [-0.2, -0.15) is 5.26 Å². The Labute approximate surface area is 142 Å². The predicted octanol–water partition coefficient (Wildman–Crippen LogP) is 5.90. The molecule has 0 unspecified atom stereocenters. The maximum absolute atomic E-state index is 9.42. The third kappa shape index (κ3) is 3.88. The van der Waals surface area contributed by atoms with Crippen molar-refractivity contribution in [1.82, 2.24) is 0 Å². The molecule has 24 heavy (non-hydrogen) atoms. The van der Waals surface area contributed by atoms with E-state index in [0.29, 0.717) is 5.56 Å². The van der Waals surface area contributed by atoms with Crippen LogP contribution in [0.15, 0.2) is 78.9 Å². The van der Waals surface area contributed by atoms with Crippen LogP contribution in [0, 0.1) is 11.3 Å². The molecule has 1 heteroatoms. The normalized spacial score (nSPS) is 11.0. The fourth-order valence-electron chi connectivity index (χ4n) is 2.51. The summed E-state index contributed by atoms with van der Waals surface area (Å²) < 4.78 is 0. The number of nitriles is 1. The molecule has 0 N–H and O–H groups in total. The Morgan fingerprint density at radius 2 is 1.17 bits per heavy atom. The van der Waals surface area contributed by atoms with Crippen LogP contribution < -0.4 is 0 Å². The zero-order valence-electron chi connectivity index (χ0n) is 13.3. The van der Waals surface area contributed by atoms with E-state index < -0.39 is 0 Å². The molecule has 0 fully saturated rings. The molecule has 0 aliphatic rings. The zero-order chi connectivity index (χ0) is 16.6. The molecule has 0 aliphatic carbocycles. The van der Waals surface area contributed by atoms with Crippen molar-refractivity contribution in [3.63, 3.8) is 0 Å². The van der Waals surface area contributed by atoms with Crippen molar-refractivity contribution >= 4 is 24.3 Å². The van der Waals surface area contributed by atoms with Gasteiger partial charge in [0.2, 0.25) is 0 Å². The standard InChI is InChI=1S/C23H17N/c24-18-22-13-7-12-21(16-14-19-8-3-1-4-9-19)23(22)17-15-20-10-5-2-6-11-20/h1-17H. The molecule has 0 heterocycles. The second kappa shape index (κ2) is 7.76. The molecule has 0 saturated carbocycles. The molecule has 0 amide bonds. The Balaban J connectivity index is 1.97. The molecular weight excluding hydrogens is 290 g/mol. The zero-order valence-corrected chi connectivity index (χ0v) is 13.3. The van der Waals surface area contributed by atoms with Gasteiger partial charge in [-0.1, -0.05) is 97.1 Å². The lowest BCUT2D eigenvalue weighted by Gasteiger charge is -2.04. The van der Waals surface area contributed by atoms with Gasteiger partial charge in [0.1, 0.15) is 0 Å². The molecule has 114 valence electrons. The topological polar surface area (TPSA) is 23.8 Å². The van der Waals surface area contributed by atoms with Crippen molar-refractivity contribution in [2.24, 2.45) is 0 Å². The maximum atomic E-state index is 9.42. The summed E-state index contributed by atoms with van der Waals surface area (Å²) in [6.45, 7) is 0. The molecule has 0 aliphatic heterocycles. The lowest BCUT2D eigenvalue weighted by Crippen LogP contribution is -1.87. The average molecular weight is 307 g/mol. The first-order valence-electron chi connectivity index (χ1n) is 7.86. The molecule has 0 atom stereocenters. The molecule has 3 aromatic carbocycles. The van der Waals surface area contributed by atoms with Crippen molar-refractivity contribution in [1.29, 1.82) is 5.26 Å². The van der Waals surface area contributed by atoms with E-state index >= 15 is 0 Å². The van der Waals surface area contributed by atoms with E-state index in [4.69, 9.17) is 0 Å². The lowest BCUT2D eigenvalue weighted by atomic mass is 9.99. The maximum Gasteiger partial charge on any atom is 0.0998 e. The average Bonchev–Trinajstić information content (AvgIpc) is 2.66. The first kappa shape index (κ1) is 15.5. The summed E-state index contributed by atoms with van der Waals surface area (Å²) in [5.41, 5.74) is 4.90. The van der Waals surface area contributed by atoms with Crippen LogP contribution in [0.3, 0.4) is 0 Å². The van der Waals surface area contributed by atoms with E-state index in [2.05, 4.69) is 30.4 Å². The van der Waals surface area contributed by atoms with Crippen LogP contribution in [0.4, 0.5) is 0 Å². The summed E-state index contributed by atoms with van der Waals surface area (Å²) in [5.74, 6) is 0. The van der Waals surface area contributed by atoms with Crippen LogP contribution in [-0.2, 0) is 0 Å². The van der Waals surface area contributed by atoms with E-state index in [1.807, 2.05) is 78.9 Å². The summed E-state index contributed by atoms with van der Waals surface area (Å²) in [7, 11) is 0. The highest BCUT2D eigenvalue weighted by molar-refractivity contribution is 5.81. The minimum atomic E-state index is 0.678. The minimum absolute atomic E-state index is 0.678. The van der Waals surface area contributed by atoms with Gasteiger partial charge in [0.15, 0.2) is 0 Å². The summed E-state index contributed by atoms with van der Waals surface area (Å²) in [6, 6.07) is 28.3. The molecule has 3 rings (SSSR count). The molecule has 0 aromatic heterocycles. The van der Waals surface area contributed by atoms with E-state index in [9.17, 15) is 5.26 Å². The van der Waals surface area contributed by atoms with Crippen molar-refractivity contribution < 1.29 is 0 Å². The van der Waals surface area contributed by atoms with Crippen molar-refractivity contribution in [3.8, 4) is 6.07 Å². The third-order valence-electron chi connectivity index (χ3n) is 3.76. The van der Waals surface area contributed by atoms with E-state index in [1.165, 1.54) is 0 Å². The quantitative estimate of drug-likeness (QED) is 0.550. The van der Waals surface area contributed by atoms with Crippen molar-refractivity contribution in [2.75, 3.05) is 0 Å². The van der Waals surface area contributed by atoms with Gasteiger partial charge in [-0.15, -0.1) is 0 Å². The fraction of sp³-hybridized carbons (Fsp3) is 0. The number of nitrogens with zero attached hydrogens (tertiary/aromatic N) is 1. The van der Waals surface area contributed by atoms with Crippen LogP contribution >= 0.6 is 0 Å². The fourth-order valence-corrected chi connectivity index (χ4v) is 2.51. The van der Waals surface area contributed by atoms with Crippen LogP contribution in [0.2, 0.25) is 0 Å². The Morgan fingerprint density at radius 3 is 1.75 bits per heavy atom. The monoisotopic (exact) mass is 307 g/mol. The lowest BCUT2D eigenvalue weighted by molar-refractivity contribution is 1.46. The van der Waals surface area contributed by atoms with Gasteiger partial charge in [0.25, 0.3) is 0 Å². The predicted molar refractivity (Wildman–Crippen MR) is 102 cm³/mol. The SMILES string of the molecule is N#Cc1cccc(C=Cc2ccccc2)c1C=Cc1ccccc1. The molecule has 0 saturated heterocycles. The van der Waals surface area contributed by atoms with Gasteiger partial charge in [0, 0.05) is 0 Å². The smallest absolute Gasteiger partial charge is 0.0998 e. The Bertz CT molecular complexity index is 898. The summed E-state index contributed by atoms with van der Waals surface area (Å²) >= 11 is 0. The Morgan fingerprint density at radius 1 is 0.583 bits per heavy atom. The summed E-state index contributed by atoms with van der Waals surface area (Å²) in [6.07, 6.45) is 8.17. The van der Waals surface area contributed by atoms with Crippen LogP contribution in [-0.4, -0.2) is 0 Å². The summed E-state index contributed by atoms with van der Waals surface area (Å²) in [4.78, 5) is 0. The highest BCUT2D eigenvalue weighted by atomic mass is 14.2. The molecular formula is C23H17N. The number of hydrogen-bond acceptors (Lipinski definition) is 1. The first-order chi connectivity index (χ1) is 11.9.